The highest BCUT2D eigenvalue weighted by molar-refractivity contribution is 5.85. The van der Waals surface area contributed by atoms with E-state index >= 15 is 0 Å². The van der Waals surface area contributed by atoms with E-state index in [9.17, 15) is 27.6 Å². The molecule has 0 radical (unpaired) electrons. The van der Waals surface area contributed by atoms with Crippen LogP contribution in [0.15, 0.2) is 24.3 Å². The molecule has 1 amide bonds. The molecule has 1 aliphatic heterocycles. The molecule has 1 aromatic rings. The van der Waals surface area contributed by atoms with Gasteiger partial charge in [-0.25, -0.2) is 4.39 Å². The van der Waals surface area contributed by atoms with Gasteiger partial charge in [0.2, 0.25) is 5.91 Å². The summed E-state index contributed by atoms with van der Waals surface area (Å²) in [7, 11) is 0. The normalized spacial score (nSPS) is 24.6. The fraction of sp³-hybridized carbons (Fsp3) is 0.600. The Morgan fingerprint density at radius 3 is 2.38 bits per heavy atom. The largest absolute Gasteiger partial charge is 0.416 e. The van der Waals surface area contributed by atoms with Crippen LogP contribution in [0, 0.1) is 16.7 Å². The van der Waals surface area contributed by atoms with Gasteiger partial charge in [0, 0.05) is 6.42 Å². The monoisotopic (exact) mass is 433 g/mol. The average Bonchev–Trinajstić information content (AvgIpc) is 3.27. The van der Waals surface area contributed by atoms with Gasteiger partial charge in [0.1, 0.15) is 12.2 Å². The van der Waals surface area contributed by atoms with Gasteiger partial charge in [-0.3, -0.25) is 4.79 Å². The third-order valence-electron chi connectivity index (χ3n) is 6.04. The van der Waals surface area contributed by atoms with E-state index in [1.54, 1.807) is 0 Å². The Morgan fingerprint density at radius 2 is 1.86 bits per heavy atom. The molecule has 0 bridgehead atoms. The Labute approximate surface area is 173 Å². The molecule has 1 aromatic carbocycles. The van der Waals surface area contributed by atoms with E-state index in [1.807, 2.05) is 6.07 Å². The number of nitrogens with two attached hydrogens (primary N) is 1. The predicted octanol–water partition coefficient (Wildman–Crippen LogP) is 4.02. The molecule has 1 saturated carbocycles. The number of carbonyl (C=O) groups is 1. The summed E-state index contributed by atoms with van der Waals surface area (Å²) in [4.78, 5) is 14.2. The number of halogens is 5. The number of rotatable bonds is 4. The van der Waals surface area contributed by atoms with Crippen molar-refractivity contribution in [3.05, 3.63) is 35.4 Å². The lowest BCUT2D eigenvalue weighted by Crippen LogP contribution is -2.54. The van der Waals surface area contributed by atoms with Crippen LogP contribution in [0.4, 0.5) is 17.6 Å². The molecule has 1 aliphatic carbocycles. The molecule has 1 heterocycles. The second-order valence-corrected chi connectivity index (χ2v) is 7.89. The number of carbonyl (C=O) groups excluding carboxylic acids is 1. The average molecular weight is 434 g/mol. The SMILES string of the molecule is Cl.N#C[C@@H]1C[C@H](F)CN1C(=O)[C@@H](N)C1(Cc2ccc(C(F)(F)F)cc2)CCCC1. The van der Waals surface area contributed by atoms with Gasteiger partial charge in [-0.2, -0.15) is 18.4 Å². The summed E-state index contributed by atoms with van der Waals surface area (Å²) in [6.07, 6.45) is -2.19. The zero-order chi connectivity index (χ0) is 20.5. The first-order valence-corrected chi connectivity index (χ1v) is 9.42. The number of amides is 1. The second kappa shape index (κ2) is 8.88. The van der Waals surface area contributed by atoms with Crippen molar-refractivity contribution in [3.63, 3.8) is 0 Å². The van der Waals surface area contributed by atoms with Gasteiger partial charge in [0.05, 0.1) is 24.2 Å². The maximum atomic E-state index is 13.7. The summed E-state index contributed by atoms with van der Waals surface area (Å²) >= 11 is 0. The predicted molar refractivity (Wildman–Crippen MR) is 102 cm³/mol. The Hall–Kier alpha value is -1.85. The summed E-state index contributed by atoms with van der Waals surface area (Å²) in [5.74, 6) is -0.444. The lowest BCUT2D eigenvalue weighted by molar-refractivity contribution is -0.137. The first kappa shape index (κ1) is 23.4. The smallest absolute Gasteiger partial charge is 0.322 e. The highest BCUT2D eigenvalue weighted by atomic mass is 35.5. The van der Waals surface area contributed by atoms with Crippen LogP contribution in [0.2, 0.25) is 0 Å². The Balaban J connectivity index is 0.00000300. The lowest BCUT2D eigenvalue weighted by atomic mass is 9.73. The molecule has 0 unspecified atom stereocenters. The quantitative estimate of drug-likeness (QED) is 0.729. The van der Waals surface area contributed by atoms with Gasteiger partial charge >= 0.3 is 6.18 Å². The van der Waals surface area contributed by atoms with Gasteiger partial charge < -0.3 is 10.6 Å². The van der Waals surface area contributed by atoms with Crippen molar-refractivity contribution in [2.75, 3.05) is 6.54 Å². The fourth-order valence-electron chi connectivity index (χ4n) is 4.49. The molecule has 160 valence electrons. The highest BCUT2D eigenvalue weighted by Gasteiger charge is 2.47. The summed E-state index contributed by atoms with van der Waals surface area (Å²) in [6.45, 7) is -0.138. The molecule has 3 atom stereocenters. The number of hydrogen-bond donors (Lipinski definition) is 1. The first-order valence-electron chi connectivity index (χ1n) is 9.42. The van der Waals surface area contributed by atoms with Crippen LogP contribution in [-0.4, -0.2) is 35.6 Å². The van der Waals surface area contributed by atoms with Crippen molar-refractivity contribution in [2.45, 2.75) is 63.0 Å². The number of hydrogen-bond acceptors (Lipinski definition) is 3. The van der Waals surface area contributed by atoms with Gasteiger partial charge in [0.25, 0.3) is 0 Å². The third-order valence-corrected chi connectivity index (χ3v) is 6.04. The Bertz CT molecular complexity index is 756. The number of alkyl halides is 4. The molecule has 4 nitrogen and oxygen atoms in total. The molecule has 0 aromatic heterocycles. The molecule has 2 aliphatic rings. The minimum atomic E-state index is -4.40. The van der Waals surface area contributed by atoms with E-state index in [0.717, 1.165) is 25.0 Å². The zero-order valence-electron chi connectivity index (χ0n) is 15.8. The van der Waals surface area contributed by atoms with Crippen LogP contribution in [0.3, 0.4) is 0 Å². The maximum Gasteiger partial charge on any atom is 0.416 e. The van der Waals surface area contributed by atoms with Gasteiger partial charge in [0.15, 0.2) is 0 Å². The van der Waals surface area contributed by atoms with E-state index in [4.69, 9.17) is 5.73 Å². The molecule has 9 heteroatoms. The van der Waals surface area contributed by atoms with Gasteiger partial charge in [-0.15, -0.1) is 12.4 Å². The standard InChI is InChI=1S/C20H23F4N3O.ClH/c21-15-9-16(11-25)27(12-15)18(28)17(26)19(7-1-2-8-19)10-13-3-5-14(6-4-13)20(22,23)24;/h3-6,15-17H,1-2,7-10,12,26H2;1H/t15-,16-,17+;/m0./s1. The summed E-state index contributed by atoms with van der Waals surface area (Å²) in [6, 6.07) is 5.13. The number of nitrogens with zero attached hydrogens (tertiary/aromatic N) is 2. The van der Waals surface area contributed by atoms with Crippen molar-refractivity contribution < 1.29 is 22.4 Å². The fourth-order valence-corrected chi connectivity index (χ4v) is 4.49. The number of benzene rings is 1. The molecule has 2 fully saturated rings. The van der Waals surface area contributed by atoms with E-state index in [-0.39, 0.29) is 25.4 Å². The van der Waals surface area contributed by atoms with Gasteiger partial charge in [-0.1, -0.05) is 25.0 Å². The van der Waals surface area contributed by atoms with Crippen molar-refractivity contribution >= 4 is 18.3 Å². The topological polar surface area (TPSA) is 70.1 Å². The van der Waals surface area contributed by atoms with Crippen molar-refractivity contribution in [3.8, 4) is 6.07 Å². The number of likely N-dealkylation sites (tertiary alicyclic amines) is 1. The summed E-state index contributed by atoms with van der Waals surface area (Å²) in [5.41, 5.74) is 5.71. The second-order valence-electron chi connectivity index (χ2n) is 7.89. The lowest BCUT2D eigenvalue weighted by Gasteiger charge is -2.37. The summed E-state index contributed by atoms with van der Waals surface area (Å²) in [5, 5.41) is 9.20. The highest BCUT2D eigenvalue weighted by Crippen LogP contribution is 2.44. The van der Waals surface area contributed by atoms with Crippen LogP contribution in [-0.2, 0) is 17.4 Å². The van der Waals surface area contributed by atoms with Gasteiger partial charge in [-0.05, 0) is 42.4 Å². The van der Waals surface area contributed by atoms with E-state index in [1.165, 1.54) is 17.0 Å². The van der Waals surface area contributed by atoms with Crippen molar-refractivity contribution in [2.24, 2.45) is 11.1 Å². The van der Waals surface area contributed by atoms with Crippen LogP contribution >= 0.6 is 12.4 Å². The maximum absolute atomic E-state index is 13.7. The van der Waals surface area contributed by atoms with Crippen LogP contribution < -0.4 is 5.73 Å². The molecular formula is C20H24ClF4N3O. The van der Waals surface area contributed by atoms with Crippen LogP contribution in [0.25, 0.3) is 0 Å². The van der Waals surface area contributed by atoms with Crippen LogP contribution in [0.5, 0.6) is 0 Å². The Kier molecular flexibility index (Phi) is 7.18. The van der Waals surface area contributed by atoms with E-state index in [0.29, 0.717) is 24.8 Å². The molecule has 2 N–H and O–H groups in total. The van der Waals surface area contributed by atoms with E-state index in [2.05, 4.69) is 0 Å². The van der Waals surface area contributed by atoms with Crippen molar-refractivity contribution in [1.82, 2.24) is 4.90 Å². The zero-order valence-corrected chi connectivity index (χ0v) is 16.6. The van der Waals surface area contributed by atoms with Crippen molar-refractivity contribution in [1.29, 1.82) is 5.26 Å². The molecular weight excluding hydrogens is 410 g/mol. The molecule has 1 saturated heterocycles. The first-order chi connectivity index (χ1) is 13.2. The molecule has 3 rings (SSSR count). The molecule has 0 spiro atoms. The minimum absolute atomic E-state index is 0. The summed E-state index contributed by atoms with van der Waals surface area (Å²) < 4.78 is 52.1. The molecule has 29 heavy (non-hydrogen) atoms. The third kappa shape index (κ3) is 4.84. The van der Waals surface area contributed by atoms with Crippen LogP contribution in [0.1, 0.15) is 43.2 Å². The minimum Gasteiger partial charge on any atom is -0.322 e. The Morgan fingerprint density at radius 1 is 1.28 bits per heavy atom. The van der Waals surface area contributed by atoms with E-state index < -0.39 is 41.3 Å². The number of nitriles is 1.